The molecule has 0 radical (unpaired) electrons. The van der Waals surface area contributed by atoms with Crippen LogP contribution in [0, 0.1) is 12.7 Å². The van der Waals surface area contributed by atoms with E-state index in [1.807, 2.05) is 0 Å². The number of rotatable bonds is 3. The number of nitrogens with zero attached hydrogens (tertiary/aromatic N) is 3. The third kappa shape index (κ3) is 5.17. The molecule has 0 spiro atoms. The van der Waals surface area contributed by atoms with Gasteiger partial charge in [0.2, 0.25) is 5.91 Å². The Hall–Kier alpha value is -3.31. The maximum atomic E-state index is 13.8. The lowest BCUT2D eigenvalue weighted by Gasteiger charge is -2.47. The lowest BCUT2D eigenvalue weighted by Crippen LogP contribution is -2.57. The quantitative estimate of drug-likeness (QED) is 0.423. The minimum absolute atomic E-state index is 0.0434. The van der Waals surface area contributed by atoms with Gasteiger partial charge in [0, 0.05) is 26.6 Å². The summed E-state index contributed by atoms with van der Waals surface area (Å²) in [4.78, 5) is 30.4. The molecule has 5 nitrogen and oxygen atoms in total. The topological polar surface area (TPSA) is 43.9 Å². The van der Waals surface area contributed by atoms with Crippen molar-refractivity contribution in [3.05, 3.63) is 70.0 Å². The van der Waals surface area contributed by atoms with Crippen LogP contribution in [0.25, 0.3) is 0 Å². The Morgan fingerprint density at radius 2 is 1.61 bits per heavy atom. The fourth-order valence-electron chi connectivity index (χ4n) is 5.31. The molecule has 0 bridgehead atoms. The first-order valence-corrected chi connectivity index (χ1v) is 12.0. The molecule has 0 aromatic heterocycles. The number of halogens is 7. The first-order chi connectivity index (χ1) is 17.6. The number of hydrogen-bond donors (Lipinski definition) is 0. The van der Waals surface area contributed by atoms with Crippen molar-refractivity contribution in [2.75, 3.05) is 20.1 Å². The lowest BCUT2D eigenvalue weighted by atomic mass is 9.90. The van der Waals surface area contributed by atoms with Crippen LogP contribution in [0.5, 0.6) is 0 Å². The Labute approximate surface area is 214 Å². The Morgan fingerprint density at radius 1 is 1.00 bits per heavy atom. The second-order valence-corrected chi connectivity index (χ2v) is 9.74. The predicted octanol–water partition coefficient (Wildman–Crippen LogP) is 6.33. The minimum Gasteiger partial charge on any atom is -0.335 e. The highest BCUT2D eigenvalue weighted by Gasteiger charge is 2.46. The number of carbonyl (C=O) groups is 2. The Balaban J connectivity index is 1.70. The Kier molecular flexibility index (Phi) is 7.13. The molecule has 0 saturated carbocycles. The summed E-state index contributed by atoms with van der Waals surface area (Å²) in [7, 11) is 1.31. The number of amides is 3. The summed E-state index contributed by atoms with van der Waals surface area (Å²) < 4.78 is 94.2. The molecule has 2 aliphatic heterocycles. The van der Waals surface area contributed by atoms with Crippen molar-refractivity contribution in [2.24, 2.45) is 0 Å². The van der Waals surface area contributed by atoms with Crippen LogP contribution in [-0.2, 0) is 17.1 Å². The number of carbonyl (C=O) groups excluding carboxylic acids is 2. The van der Waals surface area contributed by atoms with Gasteiger partial charge in [-0.3, -0.25) is 4.79 Å². The third-order valence-corrected chi connectivity index (χ3v) is 7.43. The molecule has 38 heavy (non-hydrogen) atoms. The third-order valence-electron chi connectivity index (χ3n) is 7.43. The average Bonchev–Trinajstić information content (AvgIpc) is 3.21. The van der Waals surface area contributed by atoms with E-state index in [0.29, 0.717) is 29.7 Å². The fraction of sp³-hybridized carbons (Fsp3) is 0.462. The number of aryl methyl sites for hydroxylation is 1. The zero-order valence-electron chi connectivity index (χ0n) is 20.8. The molecule has 2 saturated heterocycles. The van der Waals surface area contributed by atoms with Crippen molar-refractivity contribution in [3.63, 3.8) is 0 Å². The summed E-state index contributed by atoms with van der Waals surface area (Å²) >= 11 is 0. The first kappa shape index (κ1) is 27.7. The van der Waals surface area contributed by atoms with Crippen LogP contribution >= 0.6 is 0 Å². The van der Waals surface area contributed by atoms with Crippen LogP contribution in [-0.4, -0.2) is 52.8 Å². The summed E-state index contributed by atoms with van der Waals surface area (Å²) in [5, 5.41) is 0. The van der Waals surface area contributed by atoms with Gasteiger partial charge in [-0.05, 0) is 67.3 Å². The zero-order chi connectivity index (χ0) is 28.2. The van der Waals surface area contributed by atoms with Gasteiger partial charge in [0.15, 0.2) is 0 Å². The molecule has 0 unspecified atom stereocenters. The highest BCUT2D eigenvalue weighted by Crippen LogP contribution is 2.41. The van der Waals surface area contributed by atoms with E-state index < -0.39 is 53.5 Å². The fourth-order valence-corrected chi connectivity index (χ4v) is 5.31. The van der Waals surface area contributed by atoms with Gasteiger partial charge in [0.25, 0.3) is 0 Å². The molecule has 2 aromatic rings. The summed E-state index contributed by atoms with van der Waals surface area (Å²) in [6.07, 6.45) is -9.31. The Bertz CT molecular complexity index is 1210. The number of urea groups is 1. The summed E-state index contributed by atoms with van der Waals surface area (Å²) in [5.41, 5.74) is -2.09. The van der Waals surface area contributed by atoms with Gasteiger partial charge >= 0.3 is 18.4 Å². The highest BCUT2D eigenvalue weighted by molar-refractivity contribution is 5.81. The number of hydrogen-bond acceptors (Lipinski definition) is 2. The molecule has 3 amide bonds. The normalized spacial score (nSPS) is 20.9. The minimum atomic E-state index is -5.02. The SMILES string of the molecule is Cc1cc(F)ccc1[C@H]1[C@@H]2CCC(=O)N2CCN1C(=O)N(C)[C@H](C)c1cc(C(F)(F)F)cc(C(F)(F)F)c1. The molecule has 4 rings (SSSR count). The molecular weight excluding hydrogens is 519 g/mol. The van der Waals surface area contributed by atoms with E-state index in [2.05, 4.69) is 0 Å². The number of benzene rings is 2. The monoisotopic (exact) mass is 545 g/mol. The first-order valence-electron chi connectivity index (χ1n) is 12.0. The maximum Gasteiger partial charge on any atom is 0.416 e. The predicted molar refractivity (Wildman–Crippen MR) is 123 cm³/mol. The number of fused-ring (bicyclic) bond motifs is 1. The summed E-state index contributed by atoms with van der Waals surface area (Å²) in [6.45, 7) is 3.34. The van der Waals surface area contributed by atoms with Gasteiger partial charge in [-0.15, -0.1) is 0 Å². The van der Waals surface area contributed by atoms with Crippen LogP contribution in [0.2, 0.25) is 0 Å². The largest absolute Gasteiger partial charge is 0.416 e. The molecule has 206 valence electrons. The molecule has 2 heterocycles. The van der Waals surface area contributed by atoms with E-state index in [1.54, 1.807) is 11.8 Å². The second-order valence-electron chi connectivity index (χ2n) is 9.74. The molecule has 2 aromatic carbocycles. The van der Waals surface area contributed by atoms with Gasteiger partial charge in [0.05, 0.1) is 29.3 Å². The summed E-state index contributed by atoms with van der Waals surface area (Å²) in [5.74, 6) is -0.549. The standard InChI is InChI=1S/C26H26F7N3O2/c1-14-10-19(27)4-5-20(14)23-21-6-7-22(37)35(21)8-9-36(23)24(38)34(3)15(2)16-11-17(25(28,29)30)13-18(12-16)26(31,32)33/h4-5,10-13,15,21,23H,6-9H2,1-3H3/t15-,21+,23+/m1/s1. The molecule has 0 N–H and O–H groups in total. The van der Waals surface area contributed by atoms with Crippen molar-refractivity contribution in [3.8, 4) is 0 Å². The Morgan fingerprint density at radius 3 is 2.16 bits per heavy atom. The van der Waals surface area contributed by atoms with Crippen LogP contribution < -0.4 is 0 Å². The molecule has 3 atom stereocenters. The number of piperazine rings is 1. The highest BCUT2D eigenvalue weighted by atomic mass is 19.4. The van der Waals surface area contributed by atoms with E-state index in [0.717, 1.165) is 4.90 Å². The zero-order valence-corrected chi connectivity index (χ0v) is 20.8. The van der Waals surface area contributed by atoms with Crippen LogP contribution in [0.15, 0.2) is 36.4 Å². The molecule has 2 aliphatic rings. The van der Waals surface area contributed by atoms with E-state index in [1.165, 1.54) is 37.1 Å². The molecular formula is C26H26F7N3O2. The molecule has 2 fully saturated rings. The number of alkyl halides is 6. The van der Waals surface area contributed by atoms with E-state index >= 15 is 0 Å². The van der Waals surface area contributed by atoms with Crippen LogP contribution in [0.3, 0.4) is 0 Å². The second kappa shape index (κ2) is 9.77. The molecule has 12 heteroatoms. The van der Waals surface area contributed by atoms with Crippen molar-refractivity contribution in [2.45, 2.75) is 57.2 Å². The van der Waals surface area contributed by atoms with E-state index in [-0.39, 0.29) is 37.0 Å². The average molecular weight is 545 g/mol. The van der Waals surface area contributed by atoms with E-state index in [4.69, 9.17) is 0 Å². The van der Waals surface area contributed by atoms with Gasteiger partial charge < -0.3 is 14.7 Å². The van der Waals surface area contributed by atoms with Gasteiger partial charge in [-0.1, -0.05) is 6.07 Å². The van der Waals surface area contributed by atoms with Crippen LogP contribution in [0.1, 0.15) is 59.7 Å². The van der Waals surface area contributed by atoms with Crippen LogP contribution in [0.4, 0.5) is 35.5 Å². The van der Waals surface area contributed by atoms with Gasteiger partial charge in [-0.2, -0.15) is 26.3 Å². The molecule has 0 aliphatic carbocycles. The maximum absolute atomic E-state index is 13.8. The van der Waals surface area contributed by atoms with Gasteiger partial charge in [-0.25, -0.2) is 9.18 Å². The van der Waals surface area contributed by atoms with Crippen molar-refractivity contribution < 1.29 is 40.3 Å². The van der Waals surface area contributed by atoms with Crippen molar-refractivity contribution in [1.29, 1.82) is 0 Å². The smallest absolute Gasteiger partial charge is 0.335 e. The van der Waals surface area contributed by atoms with Gasteiger partial charge in [0.1, 0.15) is 5.82 Å². The lowest BCUT2D eigenvalue weighted by molar-refractivity contribution is -0.143. The van der Waals surface area contributed by atoms with Crippen molar-refractivity contribution in [1.82, 2.24) is 14.7 Å². The van der Waals surface area contributed by atoms with E-state index in [9.17, 15) is 40.3 Å². The van der Waals surface area contributed by atoms with Crippen molar-refractivity contribution >= 4 is 11.9 Å². The summed E-state index contributed by atoms with van der Waals surface area (Å²) in [6, 6.07) is 2.52.